The minimum atomic E-state index is -0.556. The van der Waals surface area contributed by atoms with Crippen LogP contribution in [0.5, 0.6) is 11.5 Å². The monoisotopic (exact) mass is 395 g/mol. The van der Waals surface area contributed by atoms with Crippen LogP contribution in [0.15, 0.2) is 40.9 Å². The van der Waals surface area contributed by atoms with Gasteiger partial charge in [0.25, 0.3) is 5.91 Å². The largest absolute Gasteiger partial charge is 0.491 e. The quantitative estimate of drug-likeness (QED) is 0.831. The summed E-state index contributed by atoms with van der Waals surface area (Å²) in [5, 5.41) is 3.36. The normalized spacial score (nSPS) is 15.7. The van der Waals surface area contributed by atoms with Crippen molar-refractivity contribution >= 4 is 39.1 Å². The van der Waals surface area contributed by atoms with E-state index in [0.717, 1.165) is 11.3 Å². The molecule has 1 unspecified atom stereocenters. The molecule has 1 heterocycles. The summed E-state index contributed by atoms with van der Waals surface area (Å²) in [4.78, 5) is 12.5. The molecule has 120 valence electrons. The number of hydrogen-bond donors (Lipinski definition) is 1. The third-order valence-electron chi connectivity index (χ3n) is 3.49. The molecule has 1 amide bonds. The fourth-order valence-corrected chi connectivity index (χ4v) is 3.41. The van der Waals surface area contributed by atoms with Gasteiger partial charge in [-0.05, 0) is 46.6 Å². The number of hydrogen-bond acceptors (Lipinski definition) is 3. The molecule has 0 saturated carbocycles. The van der Waals surface area contributed by atoms with E-state index >= 15 is 0 Å². The molecule has 1 aliphatic rings. The first-order chi connectivity index (χ1) is 11.1. The van der Waals surface area contributed by atoms with Crippen molar-refractivity contribution < 1.29 is 14.3 Å². The van der Waals surface area contributed by atoms with E-state index in [2.05, 4.69) is 21.2 Å². The van der Waals surface area contributed by atoms with Gasteiger partial charge in [0.05, 0.1) is 16.8 Å². The molecule has 1 aliphatic heterocycles. The van der Waals surface area contributed by atoms with E-state index in [9.17, 15) is 4.79 Å². The number of carbonyl (C=O) groups is 1. The van der Waals surface area contributed by atoms with Crippen molar-refractivity contribution in [2.75, 3.05) is 11.9 Å². The minimum absolute atomic E-state index is 0.226. The number of rotatable bonds is 4. The second kappa shape index (κ2) is 6.81. The van der Waals surface area contributed by atoms with Crippen molar-refractivity contribution in [2.24, 2.45) is 0 Å². The fourth-order valence-electron chi connectivity index (χ4n) is 2.49. The summed E-state index contributed by atoms with van der Waals surface area (Å²) in [7, 11) is 0. The van der Waals surface area contributed by atoms with E-state index in [0.29, 0.717) is 34.0 Å². The predicted molar refractivity (Wildman–Crippen MR) is 93.5 cm³/mol. The zero-order chi connectivity index (χ0) is 16.4. The van der Waals surface area contributed by atoms with Gasteiger partial charge in [0.1, 0.15) is 5.75 Å². The van der Waals surface area contributed by atoms with E-state index in [1.165, 1.54) is 0 Å². The number of para-hydroxylation sites is 1. The maximum absolute atomic E-state index is 12.5. The molecule has 0 fully saturated rings. The zero-order valence-electron chi connectivity index (χ0n) is 12.4. The first-order valence-corrected chi connectivity index (χ1v) is 8.43. The van der Waals surface area contributed by atoms with Gasteiger partial charge in [-0.3, -0.25) is 4.79 Å². The predicted octanol–water partition coefficient (Wildman–Crippen LogP) is 4.44. The van der Waals surface area contributed by atoms with Gasteiger partial charge in [0, 0.05) is 11.4 Å². The Labute approximate surface area is 147 Å². The molecule has 0 aliphatic carbocycles. The molecule has 1 atom stereocenters. The molecule has 3 rings (SSSR count). The van der Waals surface area contributed by atoms with E-state index in [-0.39, 0.29) is 5.91 Å². The first-order valence-electron chi connectivity index (χ1n) is 7.25. The molecule has 4 nitrogen and oxygen atoms in total. The third kappa shape index (κ3) is 3.46. The number of benzene rings is 2. The maximum atomic E-state index is 12.5. The van der Waals surface area contributed by atoms with Crippen molar-refractivity contribution in [3.63, 3.8) is 0 Å². The summed E-state index contributed by atoms with van der Waals surface area (Å²) >= 11 is 9.47. The molecular formula is C17H15BrClNO3. The Morgan fingerprint density at radius 2 is 2.22 bits per heavy atom. The molecule has 2 aromatic carbocycles. The minimum Gasteiger partial charge on any atom is -0.491 e. The molecule has 0 spiro atoms. The summed E-state index contributed by atoms with van der Waals surface area (Å²) in [6.45, 7) is 2.36. The Balaban J connectivity index is 1.79. The van der Waals surface area contributed by atoms with Crippen LogP contribution in [0.3, 0.4) is 0 Å². The first kappa shape index (κ1) is 16.1. The van der Waals surface area contributed by atoms with Crippen molar-refractivity contribution in [1.82, 2.24) is 0 Å². The lowest BCUT2D eigenvalue weighted by Crippen LogP contribution is -2.31. The van der Waals surface area contributed by atoms with Gasteiger partial charge in [-0.15, -0.1) is 0 Å². The van der Waals surface area contributed by atoms with Gasteiger partial charge in [-0.25, -0.2) is 0 Å². The smallest absolute Gasteiger partial charge is 0.265 e. The van der Waals surface area contributed by atoms with Crippen molar-refractivity contribution in [1.29, 1.82) is 0 Å². The summed E-state index contributed by atoms with van der Waals surface area (Å²) in [5.41, 5.74) is 1.56. The molecule has 0 saturated heterocycles. The molecule has 0 bridgehead atoms. The highest BCUT2D eigenvalue weighted by molar-refractivity contribution is 9.10. The van der Waals surface area contributed by atoms with Crippen LogP contribution in [0.2, 0.25) is 5.02 Å². The second-order valence-electron chi connectivity index (χ2n) is 5.10. The van der Waals surface area contributed by atoms with Crippen LogP contribution < -0.4 is 14.8 Å². The van der Waals surface area contributed by atoms with Gasteiger partial charge in [0.2, 0.25) is 0 Å². The van der Waals surface area contributed by atoms with Crippen LogP contribution >= 0.6 is 27.5 Å². The topological polar surface area (TPSA) is 47.6 Å². The van der Waals surface area contributed by atoms with Crippen molar-refractivity contribution in [3.05, 3.63) is 51.5 Å². The SMILES string of the molecule is CCOc1c(Br)cc(Cl)cc1NC(=O)C1Cc2ccccc2O1. The van der Waals surface area contributed by atoms with Gasteiger partial charge < -0.3 is 14.8 Å². The molecule has 2 aromatic rings. The van der Waals surface area contributed by atoms with E-state index in [4.69, 9.17) is 21.1 Å². The van der Waals surface area contributed by atoms with Crippen LogP contribution in [0, 0.1) is 0 Å². The molecular weight excluding hydrogens is 382 g/mol. The summed E-state index contributed by atoms with van der Waals surface area (Å²) in [6.07, 6.45) is -0.00658. The summed E-state index contributed by atoms with van der Waals surface area (Å²) in [6, 6.07) is 11.0. The summed E-state index contributed by atoms with van der Waals surface area (Å²) < 4.78 is 12.0. The number of fused-ring (bicyclic) bond motifs is 1. The molecule has 6 heteroatoms. The van der Waals surface area contributed by atoms with Crippen LogP contribution in [0.25, 0.3) is 0 Å². The van der Waals surface area contributed by atoms with Crippen LogP contribution in [-0.2, 0) is 11.2 Å². The van der Waals surface area contributed by atoms with E-state index in [1.807, 2.05) is 31.2 Å². The Hall–Kier alpha value is -1.72. The summed E-state index contributed by atoms with van der Waals surface area (Å²) in [5.74, 6) is 1.09. The highest BCUT2D eigenvalue weighted by Gasteiger charge is 2.29. The third-order valence-corrected chi connectivity index (χ3v) is 4.30. The van der Waals surface area contributed by atoms with Crippen LogP contribution in [-0.4, -0.2) is 18.6 Å². The Kier molecular flexibility index (Phi) is 4.78. The van der Waals surface area contributed by atoms with Crippen molar-refractivity contribution in [2.45, 2.75) is 19.4 Å². The van der Waals surface area contributed by atoms with E-state index in [1.54, 1.807) is 12.1 Å². The Morgan fingerprint density at radius 3 is 2.96 bits per heavy atom. The van der Waals surface area contributed by atoms with Gasteiger partial charge in [-0.2, -0.15) is 0 Å². The van der Waals surface area contributed by atoms with Crippen LogP contribution in [0.4, 0.5) is 5.69 Å². The molecule has 1 N–H and O–H groups in total. The number of halogens is 2. The number of nitrogens with one attached hydrogen (secondary N) is 1. The lowest BCUT2D eigenvalue weighted by Gasteiger charge is -2.16. The average Bonchev–Trinajstić information content (AvgIpc) is 2.95. The van der Waals surface area contributed by atoms with E-state index < -0.39 is 6.10 Å². The number of ether oxygens (including phenoxy) is 2. The highest BCUT2D eigenvalue weighted by Crippen LogP contribution is 2.37. The fraction of sp³-hybridized carbons (Fsp3) is 0.235. The molecule has 0 aromatic heterocycles. The lowest BCUT2D eigenvalue weighted by atomic mass is 10.1. The lowest BCUT2D eigenvalue weighted by molar-refractivity contribution is -0.122. The van der Waals surface area contributed by atoms with Gasteiger partial charge in [0.15, 0.2) is 11.9 Å². The number of anilines is 1. The second-order valence-corrected chi connectivity index (χ2v) is 6.40. The van der Waals surface area contributed by atoms with Crippen LogP contribution in [0.1, 0.15) is 12.5 Å². The maximum Gasteiger partial charge on any atom is 0.265 e. The molecule has 0 radical (unpaired) electrons. The molecule has 23 heavy (non-hydrogen) atoms. The Morgan fingerprint density at radius 1 is 1.43 bits per heavy atom. The van der Waals surface area contributed by atoms with Gasteiger partial charge >= 0.3 is 0 Å². The number of carbonyl (C=O) groups excluding carboxylic acids is 1. The highest BCUT2D eigenvalue weighted by atomic mass is 79.9. The zero-order valence-corrected chi connectivity index (χ0v) is 14.8. The Bertz CT molecular complexity index is 726. The number of amides is 1. The van der Waals surface area contributed by atoms with Gasteiger partial charge in [-0.1, -0.05) is 29.8 Å². The average molecular weight is 397 g/mol. The van der Waals surface area contributed by atoms with Crippen molar-refractivity contribution in [3.8, 4) is 11.5 Å². The standard InChI is InChI=1S/C17H15BrClNO3/c1-2-22-16-12(18)8-11(19)9-13(16)20-17(21)15-7-10-5-3-4-6-14(10)23-15/h3-6,8-9,15H,2,7H2,1H3,(H,20,21).